The number of carbonyl (C=O) groups excluding carboxylic acids is 3. The van der Waals surface area contributed by atoms with Gasteiger partial charge >= 0.3 is 0 Å². The molecule has 0 saturated carbocycles. The van der Waals surface area contributed by atoms with Crippen molar-refractivity contribution in [3.05, 3.63) is 59.2 Å². The molecule has 2 N–H and O–H groups in total. The second-order valence-corrected chi connectivity index (χ2v) is 9.54. The van der Waals surface area contributed by atoms with Crippen molar-refractivity contribution in [2.45, 2.75) is 24.7 Å². The number of nitrogens with zero attached hydrogens (tertiary/aromatic N) is 1. The van der Waals surface area contributed by atoms with E-state index in [1.54, 1.807) is 6.07 Å². The van der Waals surface area contributed by atoms with Gasteiger partial charge < -0.3 is 5.32 Å². The Labute approximate surface area is 174 Å². The lowest BCUT2D eigenvalue weighted by Gasteiger charge is -2.30. The van der Waals surface area contributed by atoms with Gasteiger partial charge in [0.05, 0.1) is 21.7 Å². The zero-order valence-electron chi connectivity index (χ0n) is 16.3. The van der Waals surface area contributed by atoms with Gasteiger partial charge in [0.25, 0.3) is 17.7 Å². The highest BCUT2D eigenvalue weighted by atomic mass is 32.2. The Bertz CT molecular complexity index is 1140. The predicted octanol–water partition coefficient (Wildman–Crippen LogP) is 2.24. The van der Waals surface area contributed by atoms with E-state index in [4.69, 9.17) is 0 Å². The minimum Gasteiger partial charge on any atom is -0.321 e. The number of imide groups is 1. The van der Waals surface area contributed by atoms with Crippen molar-refractivity contribution in [1.29, 1.82) is 0 Å². The number of rotatable bonds is 4. The number of piperidine rings is 1. The molecule has 1 fully saturated rings. The number of anilines is 1. The Kier molecular flexibility index (Phi) is 5.17. The molecule has 0 aromatic heterocycles. The van der Waals surface area contributed by atoms with Gasteiger partial charge in [-0.1, -0.05) is 13.0 Å². The highest BCUT2D eigenvalue weighted by Gasteiger charge is 2.30. The van der Waals surface area contributed by atoms with Crippen LogP contribution >= 0.6 is 0 Å². The number of benzene rings is 2. The molecule has 3 amide bonds. The Morgan fingerprint density at radius 2 is 1.83 bits per heavy atom. The Balaban J connectivity index is 1.53. The first-order valence-electron chi connectivity index (χ1n) is 9.67. The summed E-state index contributed by atoms with van der Waals surface area (Å²) in [6.07, 6.45) is 1.84. The second kappa shape index (κ2) is 7.66. The number of hydrogen-bond acceptors (Lipinski definition) is 5. The van der Waals surface area contributed by atoms with Gasteiger partial charge in [-0.3, -0.25) is 19.7 Å². The fourth-order valence-corrected chi connectivity index (χ4v) is 5.41. The van der Waals surface area contributed by atoms with Gasteiger partial charge in [0.1, 0.15) is 0 Å². The molecule has 0 bridgehead atoms. The van der Waals surface area contributed by atoms with Crippen LogP contribution in [0.2, 0.25) is 0 Å². The first-order chi connectivity index (χ1) is 14.3. The molecule has 2 aromatic carbocycles. The van der Waals surface area contributed by atoms with Crippen LogP contribution in [-0.4, -0.2) is 43.5 Å². The second-order valence-electron chi connectivity index (χ2n) is 7.60. The number of amides is 3. The third-order valence-corrected chi connectivity index (χ3v) is 7.26. The summed E-state index contributed by atoms with van der Waals surface area (Å²) in [4.78, 5) is 36.5. The maximum Gasteiger partial charge on any atom is 0.261 e. The molecule has 1 atom stereocenters. The van der Waals surface area contributed by atoms with Crippen molar-refractivity contribution in [3.63, 3.8) is 0 Å². The average molecular weight is 427 g/mol. The monoisotopic (exact) mass is 427 g/mol. The number of hydrogen-bond donors (Lipinski definition) is 2. The first kappa shape index (κ1) is 20.2. The summed E-state index contributed by atoms with van der Waals surface area (Å²) in [5.41, 5.74) is 0.785. The maximum atomic E-state index is 12.8. The third-order valence-electron chi connectivity index (χ3n) is 5.39. The van der Waals surface area contributed by atoms with Crippen LogP contribution in [0.1, 0.15) is 50.8 Å². The quantitative estimate of drug-likeness (QED) is 0.727. The molecule has 30 heavy (non-hydrogen) atoms. The summed E-state index contributed by atoms with van der Waals surface area (Å²) >= 11 is 0. The third kappa shape index (κ3) is 3.61. The number of sulfonamides is 1. The predicted molar refractivity (Wildman–Crippen MR) is 110 cm³/mol. The largest absolute Gasteiger partial charge is 0.321 e. The molecule has 2 aromatic rings. The lowest BCUT2D eigenvalue weighted by atomic mass is 10.0. The van der Waals surface area contributed by atoms with Crippen LogP contribution in [0.3, 0.4) is 0 Å². The number of carbonyl (C=O) groups is 3. The van der Waals surface area contributed by atoms with E-state index in [0.29, 0.717) is 19.0 Å². The fraction of sp³-hybridized carbons (Fsp3) is 0.286. The minimum absolute atomic E-state index is 0.120. The van der Waals surface area contributed by atoms with Crippen LogP contribution in [0.4, 0.5) is 5.69 Å². The topological polar surface area (TPSA) is 113 Å². The highest BCUT2D eigenvalue weighted by molar-refractivity contribution is 7.89. The first-order valence-corrected chi connectivity index (χ1v) is 11.1. The molecule has 8 nitrogen and oxygen atoms in total. The molecule has 156 valence electrons. The van der Waals surface area contributed by atoms with E-state index in [0.717, 1.165) is 12.8 Å². The molecule has 0 radical (unpaired) electrons. The molecule has 0 aliphatic carbocycles. The molecular formula is C21H21N3O5S. The van der Waals surface area contributed by atoms with Gasteiger partial charge in [-0.05, 0) is 55.2 Å². The van der Waals surface area contributed by atoms with Crippen molar-refractivity contribution in [1.82, 2.24) is 9.62 Å². The van der Waals surface area contributed by atoms with Gasteiger partial charge in [0.2, 0.25) is 10.0 Å². The molecule has 2 heterocycles. The van der Waals surface area contributed by atoms with E-state index in [1.807, 2.05) is 6.92 Å². The molecule has 4 rings (SSSR count). The van der Waals surface area contributed by atoms with Crippen molar-refractivity contribution in [2.24, 2.45) is 5.92 Å². The summed E-state index contributed by atoms with van der Waals surface area (Å²) < 4.78 is 27.2. The lowest BCUT2D eigenvalue weighted by molar-refractivity contribution is 0.0879. The van der Waals surface area contributed by atoms with Gasteiger partial charge in [0.15, 0.2) is 0 Å². The van der Waals surface area contributed by atoms with Gasteiger partial charge in [-0.25, -0.2) is 8.42 Å². The molecule has 1 unspecified atom stereocenters. The fourth-order valence-electron chi connectivity index (χ4n) is 3.81. The standard InChI is InChI=1S/C21H21N3O5S/c1-13-4-3-11-24(12-13)30(28,29)15-9-7-14(8-10-15)19(25)22-17-6-2-5-16-18(17)21(27)23-20(16)26/h2,5-10,13H,3-4,11-12H2,1H3,(H,22,25)(H,23,26,27). The number of nitrogens with one attached hydrogen (secondary N) is 2. The summed E-state index contributed by atoms with van der Waals surface area (Å²) in [5, 5.41) is 4.82. The Hall–Kier alpha value is -3.04. The van der Waals surface area contributed by atoms with Crippen LogP contribution in [0.25, 0.3) is 0 Å². The van der Waals surface area contributed by atoms with Crippen LogP contribution in [0.15, 0.2) is 47.4 Å². The van der Waals surface area contributed by atoms with Crippen molar-refractivity contribution < 1.29 is 22.8 Å². The maximum absolute atomic E-state index is 12.8. The lowest BCUT2D eigenvalue weighted by Crippen LogP contribution is -2.39. The molecule has 1 saturated heterocycles. The van der Waals surface area contributed by atoms with E-state index in [2.05, 4.69) is 10.6 Å². The molecule has 0 spiro atoms. The minimum atomic E-state index is -3.61. The van der Waals surface area contributed by atoms with E-state index >= 15 is 0 Å². The summed E-state index contributed by atoms with van der Waals surface area (Å²) in [5.74, 6) is -1.27. The smallest absolute Gasteiger partial charge is 0.261 e. The van der Waals surface area contributed by atoms with Gasteiger partial charge in [0, 0.05) is 18.7 Å². The van der Waals surface area contributed by atoms with Crippen molar-refractivity contribution >= 4 is 33.4 Å². The van der Waals surface area contributed by atoms with E-state index < -0.39 is 27.7 Å². The number of fused-ring (bicyclic) bond motifs is 1. The summed E-state index contributed by atoms with van der Waals surface area (Å²) in [6.45, 7) is 3.02. The molecular weight excluding hydrogens is 406 g/mol. The van der Waals surface area contributed by atoms with Gasteiger partial charge in [-0.2, -0.15) is 4.31 Å². The Morgan fingerprint density at radius 1 is 1.10 bits per heavy atom. The van der Waals surface area contributed by atoms with Crippen LogP contribution in [-0.2, 0) is 10.0 Å². The van der Waals surface area contributed by atoms with Gasteiger partial charge in [-0.15, -0.1) is 0 Å². The molecule has 2 aliphatic heterocycles. The normalized spacial score (nSPS) is 19.3. The summed E-state index contributed by atoms with van der Waals surface area (Å²) in [7, 11) is -3.61. The van der Waals surface area contributed by atoms with Crippen LogP contribution in [0.5, 0.6) is 0 Å². The highest BCUT2D eigenvalue weighted by Crippen LogP contribution is 2.26. The van der Waals surface area contributed by atoms with E-state index in [9.17, 15) is 22.8 Å². The SMILES string of the molecule is CC1CCCN(S(=O)(=O)c2ccc(C(=O)Nc3cccc4c3C(=O)NC4=O)cc2)C1. The van der Waals surface area contributed by atoms with Crippen LogP contribution < -0.4 is 10.6 Å². The van der Waals surface area contributed by atoms with Crippen LogP contribution in [0, 0.1) is 5.92 Å². The zero-order valence-corrected chi connectivity index (χ0v) is 17.2. The average Bonchev–Trinajstić information content (AvgIpc) is 3.02. The summed E-state index contributed by atoms with van der Waals surface area (Å²) in [6, 6.07) is 10.3. The van der Waals surface area contributed by atoms with Crippen molar-refractivity contribution in [3.8, 4) is 0 Å². The Morgan fingerprint density at radius 3 is 2.53 bits per heavy atom. The van der Waals surface area contributed by atoms with E-state index in [-0.39, 0.29) is 27.3 Å². The van der Waals surface area contributed by atoms with Crippen molar-refractivity contribution in [2.75, 3.05) is 18.4 Å². The zero-order chi connectivity index (χ0) is 21.5. The van der Waals surface area contributed by atoms with E-state index in [1.165, 1.54) is 40.7 Å². The molecule has 2 aliphatic rings. The molecule has 9 heteroatoms.